The second-order valence-electron chi connectivity index (χ2n) is 4.90. The number of amides is 1. The molecule has 0 bridgehead atoms. The summed E-state index contributed by atoms with van der Waals surface area (Å²) in [6, 6.07) is 7.38. The van der Waals surface area contributed by atoms with Gasteiger partial charge in [-0.1, -0.05) is 24.3 Å². The first-order valence-corrected chi connectivity index (χ1v) is 6.75. The van der Waals surface area contributed by atoms with Crippen LogP contribution in [-0.4, -0.2) is 55.7 Å². The molecule has 0 aliphatic rings. The highest BCUT2D eigenvalue weighted by molar-refractivity contribution is 5.77. The zero-order chi connectivity index (χ0) is 15.7. The summed E-state index contributed by atoms with van der Waals surface area (Å²) in [5, 5.41) is 11.5. The number of carbonyl (C=O) groups is 2. The van der Waals surface area contributed by atoms with Crippen LogP contribution < -0.4 is 5.32 Å². The minimum Gasteiger partial charge on any atom is -0.481 e. The molecule has 0 spiro atoms. The fraction of sp³-hybridized carbons (Fsp3) is 0.467. The van der Waals surface area contributed by atoms with Crippen molar-refractivity contribution in [3.63, 3.8) is 0 Å². The third-order valence-corrected chi connectivity index (χ3v) is 2.87. The Hall–Kier alpha value is -1.92. The number of nitrogens with one attached hydrogen (secondary N) is 1. The lowest BCUT2D eigenvalue weighted by atomic mass is 10.1. The number of rotatable bonds is 9. The Balaban J connectivity index is 2.38. The van der Waals surface area contributed by atoms with Crippen LogP contribution in [0.25, 0.3) is 0 Å². The summed E-state index contributed by atoms with van der Waals surface area (Å²) in [5.74, 6) is -0.885. The molecule has 0 fully saturated rings. The number of hydrogen-bond donors (Lipinski definition) is 2. The van der Waals surface area contributed by atoms with Crippen LogP contribution in [0.2, 0.25) is 0 Å². The van der Waals surface area contributed by atoms with Crippen molar-refractivity contribution in [1.82, 2.24) is 10.2 Å². The first-order valence-electron chi connectivity index (χ1n) is 6.75. The number of likely N-dealkylation sites (N-methyl/N-ethyl adjacent to an activating group) is 1. The lowest BCUT2D eigenvalue weighted by Gasteiger charge is -2.16. The summed E-state index contributed by atoms with van der Waals surface area (Å²) in [6.07, 6.45) is 0.0258. The fourth-order valence-electron chi connectivity index (χ4n) is 1.90. The summed E-state index contributed by atoms with van der Waals surface area (Å²) in [5.41, 5.74) is 1.81. The molecule has 0 saturated carbocycles. The highest BCUT2D eigenvalue weighted by atomic mass is 16.5. The van der Waals surface area contributed by atoms with Crippen molar-refractivity contribution in [3.05, 3.63) is 35.4 Å². The van der Waals surface area contributed by atoms with E-state index in [9.17, 15) is 9.59 Å². The predicted molar refractivity (Wildman–Crippen MR) is 79.0 cm³/mol. The first kappa shape index (κ1) is 17.1. The largest absolute Gasteiger partial charge is 0.481 e. The van der Waals surface area contributed by atoms with Crippen molar-refractivity contribution < 1.29 is 19.4 Å². The Morgan fingerprint density at radius 3 is 2.43 bits per heavy atom. The number of nitrogens with zero attached hydrogens (tertiary/aromatic N) is 1. The lowest BCUT2D eigenvalue weighted by molar-refractivity contribution is -0.136. The van der Waals surface area contributed by atoms with Crippen LogP contribution in [0.3, 0.4) is 0 Å². The molecule has 6 nitrogen and oxygen atoms in total. The molecule has 1 aromatic rings. The van der Waals surface area contributed by atoms with Gasteiger partial charge in [-0.15, -0.1) is 0 Å². The van der Waals surface area contributed by atoms with Crippen LogP contribution in [0.1, 0.15) is 11.1 Å². The maximum absolute atomic E-state index is 11.6. The topological polar surface area (TPSA) is 78.9 Å². The summed E-state index contributed by atoms with van der Waals surface area (Å²) >= 11 is 0. The average molecular weight is 294 g/mol. The van der Waals surface area contributed by atoms with E-state index in [0.29, 0.717) is 26.2 Å². The van der Waals surface area contributed by atoms with E-state index in [4.69, 9.17) is 9.84 Å². The van der Waals surface area contributed by atoms with Gasteiger partial charge in [-0.2, -0.15) is 0 Å². The van der Waals surface area contributed by atoms with E-state index in [0.717, 1.165) is 11.1 Å². The zero-order valence-corrected chi connectivity index (χ0v) is 12.5. The van der Waals surface area contributed by atoms with Gasteiger partial charge in [0, 0.05) is 20.2 Å². The van der Waals surface area contributed by atoms with Crippen molar-refractivity contribution >= 4 is 11.9 Å². The smallest absolute Gasteiger partial charge is 0.307 e. The van der Waals surface area contributed by atoms with Crippen molar-refractivity contribution in [1.29, 1.82) is 0 Å². The van der Waals surface area contributed by atoms with E-state index in [1.807, 2.05) is 24.1 Å². The molecular weight excluding hydrogens is 272 g/mol. The maximum Gasteiger partial charge on any atom is 0.307 e. The molecule has 0 saturated heterocycles. The van der Waals surface area contributed by atoms with Crippen molar-refractivity contribution in [2.24, 2.45) is 0 Å². The van der Waals surface area contributed by atoms with Gasteiger partial charge in [-0.05, 0) is 18.2 Å². The predicted octanol–water partition coefficient (Wildman–Crippen LogP) is 0.508. The summed E-state index contributed by atoms with van der Waals surface area (Å²) in [4.78, 5) is 24.1. The molecule has 0 radical (unpaired) electrons. The number of methoxy groups -OCH3 is 1. The Morgan fingerprint density at radius 1 is 1.24 bits per heavy atom. The van der Waals surface area contributed by atoms with E-state index in [1.54, 1.807) is 19.2 Å². The Bertz CT molecular complexity index is 459. The zero-order valence-electron chi connectivity index (χ0n) is 12.5. The van der Waals surface area contributed by atoms with Crippen LogP contribution in [0.4, 0.5) is 0 Å². The first-order chi connectivity index (χ1) is 10.0. The van der Waals surface area contributed by atoms with Crippen LogP contribution >= 0.6 is 0 Å². The summed E-state index contributed by atoms with van der Waals surface area (Å²) in [7, 11) is 3.45. The van der Waals surface area contributed by atoms with Crippen molar-refractivity contribution in [2.45, 2.75) is 13.0 Å². The van der Waals surface area contributed by atoms with Crippen LogP contribution in [-0.2, 0) is 27.3 Å². The number of carboxylic acids is 1. The minimum absolute atomic E-state index is 0.0258. The van der Waals surface area contributed by atoms with Gasteiger partial charge >= 0.3 is 5.97 Å². The Labute approximate surface area is 124 Å². The van der Waals surface area contributed by atoms with Gasteiger partial charge in [0.1, 0.15) is 0 Å². The van der Waals surface area contributed by atoms with Gasteiger partial charge in [-0.25, -0.2) is 0 Å². The van der Waals surface area contributed by atoms with E-state index in [2.05, 4.69) is 5.32 Å². The molecule has 0 heterocycles. The van der Waals surface area contributed by atoms with E-state index < -0.39 is 5.97 Å². The minimum atomic E-state index is -0.840. The Kier molecular flexibility index (Phi) is 7.42. The van der Waals surface area contributed by atoms with Crippen molar-refractivity contribution in [3.8, 4) is 0 Å². The molecule has 1 aromatic carbocycles. The molecule has 0 aliphatic heterocycles. The number of aliphatic carboxylic acids is 1. The maximum atomic E-state index is 11.6. The molecule has 0 aromatic heterocycles. The molecule has 1 rings (SSSR count). The summed E-state index contributed by atoms with van der Waals surface area (Å²) in [6.45, 7) is 1.94. The summed E-state index contributed by atoms with van der Waals surface area (Å²) < 4.78 is 4.86. The van der Waals surface area contributed by atoms with Crippen LogP contribution in [0.15, 0.2) is 24.3 Å². The number of benzene rings is 1. The third-order valence-electron chi connectivity index (χ3n) is 2.87. The molecule has 0 atom stereocenters. The molecule has 6 heteroatoms. The molecule has 0 aliphatic carbocycles. The normalized spacial score (nSPS) is 10.6. The quantitative estimate of drug-likeness (QED) is 0.649. The van der Waals surface area contributed by atoms with Crippen LogP contribution in [0, 0.1) is 0 Å². The molecular formula is C15H22N2O4. The van der Waals surface area contributed by atoms with Gasteiger partial charge in [0.2, 0.25) is 5.91 Å². The van der Waals surface area contributed by atoms with E-state index in [-0.39, 0.29) is 12.3 Å². The highest BCUT2D eigenvalue weighted by Gasteiger charge is 2.07. The lowest BCUT2D eigenvalue weighted by Crippen LogP contribution is -2.36. The number of ether oxygens (including phenoxy) is 1. The SMILES string of the molecule is COCCNC(=O)CN(C)Cc1ccc(CC(=O)O)cc1. The van der Waals surface area contributed by atoms with Gasteiger partial charge < -0.3 is 15.2 Å². The van der Waals surface area contributed by atoms with Gasteiger partial charge in [0.25, 0.3) is 0 Å². The van der Waals surface area contributed by atoms with Crippen molar-refractivity contribution in [2.75, 3.05) is 33.9 Å². The monoisotopic (exact) mass is 294 g/mol. The van der Waals surface area contributed by atoms with Crippen LogP contribution in [0.5, 0.6) is 0 Å². The van der Waals surface area contributed by atoms with E-state index in [1.165, 1.54) is 0 Å². The van der Waals surface area contributed by atoms with Gasteiger partial charge in [-0.3, -0.25) is 14.5 Å². The average Bonchev–Trinajstić information content (AvgIpc) is 2.40. The molecule has 0 unspecified atom stereocenters. The third kappa shape index (κ3) is 7.43. The number of carboxylic acid groups (broad SMARTS) is 1. The van der Waals surface area contributed by atoms with E-state index >= 15 is 0 Å². The number of hydrogen-bond acceptors (Lipinski definition) is 4. The molecule has 21 heavy (non-hydrogen) atoms. The Morgan fingerprint density at radius 2 is 1.86 bits per heavy atom. The highest BCUT2D eigenvalue weighted by Crippen LogP contribution is 2.07. The molecule has 2 N–H and O–H groups in total. The fourth-order valence-corrected chi connectivity index (χ4v) is 1.90. The molecule has 116 valence electrons. The number of carbonyl (C=O) groups excluding carboxylic acids is 1. The second-order valence-corrected chi connectivity index (χ2v) is 4.90. The molecule has 1 amide bonds. The van der Waals surface area contributed by atoms with Gasteiger partial charge in [0.05, 0.1) is 19.6 Å². The standard InChI is InChI=1S/C15H22N2O4/c1-17(11-14(18)16-7-8-21-2)10-13-5-3-12(4-6-13)9-15(19)20/h3-6H,7-11H2,1-2H3,(H,16,18)(H,19,20). The van der Waals surface area contributed by atoms with Gasteiger partial charge in [0.15, 0.2) is 0 Å². The second kappa shape index (κ2) is 9.10.